The molecule has 0 aromatic heterocycles. The summed E-state index contributed by atoms with van der Waals surface area (Å²) in [5.74, 6) is 0.0463. The number of benzene rings is 1. The smallest absolute Gasteiger partial charge is 0.253 e. The molecule has 0 saturated carbocycles. The van der Waals surface area contributed by atoms with Crippen molar-refractivity contribution in [1.29, 1.82) is 0 Å². The summed E-state index contributed by atoms with van der Waals surface area (Å²) in [6, 6.07) is 7.66. The maximum Gasteiger partial charge on any atom is 0.253 e. The molecule has 0 aliphatic heterocycles. The maximum absolute atomic E-state index is 12.6. The number of carbonyl (C=O) groups excluding carboxylic acids is 1. The third-order valence-electron chi connectivity index (χ3n) is 3.25. The Kier molecular flexibility index (Phi) is 7.32. The number of thiocarbonyl (C=S) groups is 1. The fraction of sp³-hybridized carbons (Fsp3) is 0.500. The van der Waals surface area contributed by atoms with Gasteiger partial charge in [-0.25, -0.2) is 0 Å². The van der Waals surface area contributed by atoms with Crippen molar-refractivity contribution in [2.45, 2.75) is 19.8 Å². The summed E-state index contributed by atoms with van der Waals surface area (Å²) in [6.45, 7) is 4.25. The van der Waals surface area contributed by atoms with Crippen LogP contribution < -0.4 is 5.73 Å². The molecule has 0 saturated heterocycles. The van der Waals surface area contributed by atoms with Crippen LogP contribution in [0.2, 0.25) is 0 Å². The standard InChI is InChI=1S/C16H25N3OS/c1-13-5-7-14(8-6-13)16(20)19(12-9-15(17)21)11-4-10-18(2)3/h5-8H,4,9-12H2,1-3H3,(H2,17,21). The van der Waals surface area contributed by atoms with Crippen molar-refractivity contribution in [2.24, 2.45) is 5.73 Å². The van der Waals surface area contributed by atoms with Gasteiger partial charge in [-0.15, -0.1) is 0 Å². The summed E-state index contributed by atoms with van der Waals surface area (Å²) < 4.78 is 0. The van der Waals surface area contributed by atoms with Crippen molar-refractivity contribution >= 4 is 23.1 Å². The molecular formula is C16H25N3OS. The van der Waals surface area contributed by atoms with E-state index in [-0.39, 0.29) is 5.91 Å². The maximum atomic E-state index is 12.6. The van der Waals surface area contributed by atoms with E-state index in [0.29, 0.717) is 30.1 Å². The number of aryl methyl sites for hydroxylation is 1. The first-order valence-corrected chi connectivity index (χ1v) is 7.60. The Morgan fingerprint density at radius 1 is 1.14 bits per heavy atom. The molecule has 116 valence electrons. The highest BCUT2D eigenvalue weighted by Crippen LogP contribution is 2.08. The predicted octanol–water partition coefficient (Wildman–Crippen LogP) is 2.07. The predicted molar refractivity (Wildman–Crippen MR) is 91.7 cm³/mol. The van der Waals surface area contributed by atoms with Gasteiger partial charge in [-0.3, -0.25) is 4.79 Å². The highest BCUT2D eigenvalue weighted by atomic mass is 32.1. The van der Waals surface area contributed by atoms with Crippen molar-refractivity contribution in [3.05, 3.63) is 35.4 Å². The molecule has 0 unspecified atom stereocenters. The Morgan fingerprint density at radius 2 is 1.76 bits per heavy atom. The summed E-state index contributed by atoms with van der Waals surface area (Å²) in [5.41, 5.74) is 7.42. The second-order valence-electron chi connectivity index (χ2n) is 5.53. The van der Waals surface area contributed by atoms with Crippen molar-refractivity contribution in [1.82, 2.24) is 9.80 Å². The second kappa shape index (κ2) is 8.74. The first kappa shape index (κ1) is 17.6. The highest BCUT2D eigenvalue weighted by molar-refractivity contribution is 7.80. The molecule has 4 nitrogen and oxygen atoms in total. The van der Waals surface area contributed by atoms with Gasteiger partial charge in [0.05, 0.1) is 4.99 Å². The lowest BCUT2D eigenvalue weighted by Gasteiger charge is -2.23. The van der Waals surface area contributed by atoms with E-state index in [9.17, 15) is 4.79 Å². The summed E-state index contributed by atoms with van der Waals surface area (Å²) in [5, 5.41) is 0. The van der Waals surface area contributed by atoms with Crippen LogP contribution in [0.25, 0.3) is 0 Å². The van der Waals surface area contributed by atoms with Gasteiger partial charge >= 0.3 is 0 Å². The minimum absolute atomic E-state index is 0.0463. The van der Waals surface area contributed by atoms with Crippen LogP contribution in [0, 0.1) is 6.92 Å². The molecule has 1 amide bonds. The lowest BCUT2D eigenvalue weighted by Crippen LogP contribution is -2.35. The van der Waals surface area contributed by atoms with E-state index >= 15 is 0 Å². The normalized spacial score (nSPS) is 10.7. The zero-order chi connectivity index (χ0) is 15.8. The van der Waals surface area contributed by atoms with Crippen molar-refractivity contribution in [3.8, 4) is 0 Å². The van der Waals surface area contributed by atoms with Gasteiger partial charge in [0.25, 0.3) is 5.91 Å². The number of hydrogen-bond acceptors (Lipinski definition) is 3. The van der Waals surface area contributed by atoms with E-state index in [2.05, 4.69) is 4.90 Å². The van der Waals surface area contributed by atoms with E-state index in [1.807, 2.05) is 50.2 Å². The van der Waals surface area contributed by atoms with Crippen molar-refractivity contribution < 1.29 is 4.79 Å². The van der Waals surface area contributed by atoms with E-state index < -0.39 is 0 Å². The number of rotatable bonds is 8. The van der Waals surface area contributed by atoms with Crippen LogP contribution in [0.4, 0.5) is 0 Å². The van der Waals surface area contributed by atoms with Gasteiger partial charge in [0.1, 0.15) is 0 Å². The third-order valence-corrected chi connectivity index (χ3v) is 3.45. The van der Waals surface area contributed by atoms with E-state index in [4.69, 9.17) is 18.0 Å². The molecule has 0 aliphatic carbocycles. The van der Waals surface area contributed by atoms with E-state index in [0.717, 1.165) is 18.5 Å². The summed E-state index contributed by atoms with van der Waals surface area (Å²) in [4.78, 5) is 17.0. The molecule has 21 heavy (non-hydrogen) atoms. The SMILES string of the molecule is Cc1ccc(C(=O)N(CCCN(C)C)CCC(N)=S)cc1. The van der Waals surface area contributed by atoms with Crippen LogP contribution >= 0.6 is 12.2 Å². The number of amides is 1. The van der Waals surface area contributed by atoms with Crippen molar-refractivity contribution in [2.75, 3.05) is 33.7 Å². The molecular weight excluding hydrogens is 282 g/mol. The average Bonchev–Trinajstić information content (AvgIpc) is 2.42. The minimum Gasteiger partial charge on any atom is -0.393 e. The van der Waals surface area contributed by atoms with Gasteiger partial charge in [0, 0.05) is 25.1 Å². The molecule has 0 heterocycles. The largest absolute Gasteiger partial charge is 0.393 e. The Morgan fingerprint density at radius 3 is 2.29 bits per heavy atom. The molecule has 0 radical (unpaired) electrons. The molecule has 0 fully saturated rings. The Hall–Kier alpha value is -1.46. The van der Waals surface area contributed by atoms with Gasteiger partial charge < -0.3 is 15.5 Å². The van der Waals surface area contributed by atoms with Crippen LogP contribution in [0.3, 0.4) is 0 Å². The molecule has 0 bridgehead atoms. The zero-order valence-corrected chi connectivity index (χ0v) is 13.9. The topological polar surface area (TPSA) is 49.6 Å². The fourth-order valence-electron chi connectivity index (χ4n) is 2.02. The third kappa shape index (κ3) is 6.69. The van der Waals surface area contributed by atoms with Crippen LogP contribution in [-0.4, -0.2) is 54.4 Å². The first-order chi connectivity index (χ1) is 9.90. The molecule has 0 aliphatic rings. The van der Waals surface area contributed by atoms with Gasteiger partial charge in [-0.05, 0) is 46.1 Å². The summed E-state index contributed by atoms with van der Waals surface area (Å²) >= 11 is 4.92. The van der Waals surface area contributed by atoms with Crippen molar-refractivity contribution in [3.63, 3.8) is 0 Å². The second-order valence-corrected chi connectivity index (χ2v) is 6.06. The summed E-state index contributed by atoms with van der Waals surface area (Å²) in [6.07, 6.45) is 1.50. The summed E-state index contributed by atoms with van der Waals surface area (Å²) in [7, 11) is 4.06. The fourth-order valence-corrected chi connectivity index (χ4v) is 2.11. The zero-order valence-electron chi connectivity index (χ0n) is 13.1. The van der Waals surface area contributed by atoms with Gasteiger partial charge in [0.2, 0.25) is 0 Å². The van der Waals surface area contributed by atoms with Crippen LogP contribution in [0.15, 0.2) is 24.3 Å². The highest BCUT2D eigenvalue weighted by Gasteiger charge is 2.15. The molecule has 0 spiro atoms. The molecule has 5 heteroatoms. The number of hydrogen-bond donors (Lipinski definition) is 1. The molecule has 1 aromatic rings. The number of carbonyl (C=O) groups is 1. The van der Waals surface area contributed by atoms with Gasteiger partial charge in [0.15, 0.2) is 0 Å². The Balaban J connectivity index is 2.70. The average molecular weight is 307 g/mol. The number of nitrogens with two attached hydrogens (primary N) is 1. The van der Waals surface area contributed by atoms with Crippen LogP contribution in [-0.2, 0) is 0 Å². The Labute approximate surface area is 132 Å². The van der Waals surface area contributed by atoms with E-state index in [1.54, 1.807) is 0 Å². The number of nitrogens with zero attached hydrogens (tertiary/aromatic N) is 2. The van der Waals surface area contributed by atoms with Gasteiger partial charge in [-0.2, -0.15) is 0 Å². The lowest BCUT2D eigenvalue weighted by molar-refractivity contribution is 0.0755. The molecule has 1 rings (SSSR count). The van der Waals surface area contributed by atoms with Gasteiger partial charge in [-0.1, -0.05) is 29.9 Å². The van der Waals surface area contributed by atoms with E-state index in [1.165, 1.54) is 0 Å². The lowest BCUT2D eigenvalue weighted by atomic mass is 10.1. The molecule has 1 aromatic carbocycles. The first-order valence-electron chi connectivity index (χ1n) is 7.19. The minimum atomic E-state index is 0.0463. The van der Waals surface area contributed by atoms with Crippen LogP contribution in [0.1, 0.15) is 28.8 Å². The molecule has 0 atom stereocenters. The Bertz CT molecular complexity index is 471. The molecule has 2 N–H and O–H groups in total. The quantitative estimate of drug-likeness (QED) is 0.747. The monoisotopic (exact) mass is 307 g/mol. The van der Waals surface area contributed by atoms with Crippen LogP contribution in [0.5, 0.6) is 0 Å².